The van der Waals surface area contributed by atoms with Gasteiger partial charge >= 0.3 is 5.97 Å². The number of aliphatic carboxylic acids is 1. The van der Waals surface area contributed by atoms with Gasteiger partial charge in [0.15, 0.2) is 0 Å². The number of carboxylic acids is 1. The van der Waals surface area contributed by atoms with Gasteiger partial charge in [-0.15, -0.1) is 0 Å². The van der Waals surface area contributed by atoms with Crippen molar-refractivity contribution in [2.45, 2.75) is 89.1 Å². The van der Waals surface area contributed by atoms with E-state index in [1.54, 1.807) is 44.2 Å². The lowest BCUT2D eigenvalue weighted by atomic mass is 10.0. The van der Waals surface area contributed by atoms with Crippen molar-refractivity contribution in [2.24, 2.45) is 17.4 Å². The first-order valence-corrected chi connectivity index (χ1v) is 16.4. The molecule has 1 rings (SSSR count). The molecule has 1 aromatic rings. The Balaban J connectivity index is 2.87. The topological polar surface area (TPSA) is 304 Å². The number of nitrogens with one attached hydrogen (secondary N) is 6. The molecule has 0 saturated heterocycles. The second-order valence-corrected chi connectivity index (χ2v) is 12.2. The molecule has 0 saturated carbocycles. The summed E-state index contributed by atoms with van der Waals surface area (Å²) in [7, 11) is 0. The molecule has 0 unspecified atom stereocenters. The first-order valence-electron chi connectivity index (χ1n) is 16.4. The molecule has 280 valence electrons. The molecule has 18 nitrogen and oxygen atoms in total. The smallest absolute Gasteiger partial charge is 0.326 e. The number of hydrogen-bond acceptors (Lipinski definition) is 11. The molecule has 0 aliphatic carbocycles. The lowest BCUT2D eigenvalue weighted by Crippen LogP contribution is -2.58. The molecule has 0 spiro atoms. The van der Waals surface area contributed by atoms with E-state index < -0.39 is 97.4 Å². The summed E-state index contributed by atoms with van der Waals surface area (Å²) >= 11 is 0. The quantitative estimate of drug-likeness (QED) is 0.0491. The fourth-order valence-corrected chi connectivity index (χ4v) is 4.54. The predicted molar refractivity (Wildman–Crippen MR) is 181 cm³/mol. The number of hydrogen-bond donors (Lipinski definition) is 11. The number of amides is 6. The lowest BCUT2D eigenvalue weighted by molar-refractivity contribution is -0.143. The molecule has 18 heteroatoms. The first kappa shape index (κ1) is 43.4. The molecular weight excluding hydrogens is 656 g/mol. The van der Waals surface area contributed by atoms with Crippen molar-refractivity contribution in [3.63, 3.8) is 0 Å². The van der Waals surface area contributed by atoms with Gasteiger partial charge in [-0.3, -0.25) is 28.8 Å². The summed E-state index contributed by atoms with van der Waals surface area (Å²) in [5.41, 5.74) is 11.9. The second kappa shape index (κ2) is 22.9. The third-order valence-electron chi connectivity index (χ3n) is 7.37. The van der Waals surface area contributed by atoms with Gasteiger partial charge in [-0.25, -0.2) is 4.79 Å². The number of carbonyl (C=O) groups excluding carboxylic acids is 6. The van der Waals surface area contributed by atoms with E-state index in [2.05, 4.69) is 31.9 Å². The highest BCUT2D eigenvalue weighted by atomic mass is 16.4. The molecule has 0 aliphatic heterocycles. The van der Waals surface area contributed by atoms with Crippen LogP contribution in [0.3, 0.4) is 0 Å². The average Bonchev–Trinajstić information content (AvgIpc) is 3.07. The monoisotopic (exact) mass is 708 g/mol. The van der Waals surface area contributed by atoms with Crippen molar-refractivity contribution in [3.05, 3.63) is 35.9 Å². The summed E-state index contributed by atoms with van der Waals surface area (Å²) in [6, 6.07) is 0.906. The van der Waals surface area contributed by atoms with Gasteiger partial charge in [0.05, 0.1) is 25.8 Å². The van der Waals surface area contributed by atoms with Gasteiger partial charge in [-0.05, 0) is 44.2 Å². The van der Waals surface area contributed by atoms with E-state index in [0.717, 1.165) is 0 Å². The molecule has 0 radical (unpaired) electrons. The number of benzene rings is 1. The summed E-state index contributed by atoms with van der Waals surface area (Å²) in [4.78, 5) is 88.1. The fraction of sp³-hybridized carbons (Fsp3) is 0.594. The minimum Gasteiger partial charge on any atom is -0.480 e. The lowest BCUT2D eigenvalue weighted by Gasteiger charge is -2.24. The maximum Gasteiger partial charge on any atom is 0.326 e. The highest BCUT2D eigenvalue weighted by Gasteiger charge is 2.30. The zero-order chi connectivity index (χ0) is 37.8. The summed E-state index contributed by atoms with van der Waals surface area (Å²) < 4.78 is 0. The summed E-state index contributed by atoms with van der Waals surface area (Å²) in [5.74, 6) is -6.36. The van der Waals surface area contributed by atoms with E-state index in [-0.39, 0.29) is 18.8 Å². The number of rotatable bonds is 23. The Hall–Kier alpha value is -4.65. The Morgan fingerprint density at radius 3 is 1.82 bits per heavy atom. The SMILES string of the molecule is CC(C)C[C@H](NC(=O)[C@H](CO)NC(=O)[C@H](Cc1ccccc1)NC(=O)CNC(=O)[C@H](CO)NC(=O)[C@H](C)NC(=O)[C@@H](N)CCCCN)C(=O)O. The van der Waals surface area contributed by atoms with Crippen molar-refractivity contribution >= 4 is 41.4 Å². The van der Waals surface area contributed by atoms with Gasteiger partial charge in [0.25, 0.3) is 0 Å². The number of carbonyl (C=O) groups is 7. The molecule has 50 heavy (non-hydrogen) atoms. The van der Waals surface area contributed by atoms with Crippen molar-refractivity contribution in [1.82, 2.24) is 31.9 Å². The van der Waals surface area contributed by atoms with E-state index in [4.69, 9.17) is 11.5 Å². The van der Waals surface area contributed by atoms with Crippen LogP contribution in [0.5, 0.6) is 0 Å². The van der Waals surface area contributed by atoms with E-state index in [0.29, 0.717) is 31.4 Å². The normalized spacial score (nSPS) is 14.6. The predicted octanol–water partition coefficient (Wildman–Crippen LogP) is -3.64. The van der Waals surface area contributed by atoms with Crippen LogP contribution in [-0.2, 0) is 40.0 Å². The molecule has 13 N–H and O–H groups in total. The second-order valence-electron chi connectivity index (χ2n) is 12.2. The van der Waals surface area contributed by atoms with Gasteiger partial charge in [0, 0.05) is 6.42 Å². The van der Waals surface area contributed by atoms with Gasteiger partial charge in [0.2, 0.25) is 35.4 Å². The van der Waals surface area contributed by atoms with Gasteiger partial charge in [-0.2, -0.15) is 0 Å². The first-order chi connectivity index (χ1) is 23.6. The Labute approximate surface area is 290 Å². The standard InChI is InChI=1S/C32H52N8O10/c1-18(2)13-23(32(49)50)38-31(48)25(17-42)40-30(47)22(14-20-9-5-4-6-10-20)37-26(43)15-35-29(46)24(16-41)39-27(44)19(3)36-28(45)21(34)11-7-8-12-33/h4-6,9-10,18-19,21-25,41-42H,7-8,11-17,33-34H2,1-3H3,(H,35,46)(H,36,45)(H,37,43)(H,38,48)(H,39,44)(H,40,47)(H,49,50)/t19-,21-,22-,23-,24-,25-/m0/s1. The molecule has 0 heterocycles. The van der Waals surface area contributed by atoms with Gasteiger partial charge < -0.3 is 58.7 Å². The minimum atomic E-state index is -1.54. The van der Waals surface area contributed by atoms with E-state index in [1.165, 1.54) is 6.92 Å². The largest absolute Gasteiger partial charge is 0.480 e. The third-order valence-corrected chi connectivity index (χ3v) is 7.37. The minimum absolute atomic E-state index is 0.0627. The zero-order valence-corrected chi connectivity index (χ0v) is 28.6. The summed E-state index contributed by atoms with van der Waals surface area (Å²) in [6.45, 7) is 2.93. The van der Waals surface area contributed by atoms with E-state index in [9.17, 15) is 48.9 Å². The van der Waals surface area contributed by atoms with Gasteiger partial charge in [0.1, 0.15) is 30.2 Å². The Morgan fingerprint density at radius 1 is 0.700 bits per heavy atom. The zero-order valence-electron chi connectivity index (χ0n) is 28.6. The average molecular weight is 709 g/mol. The summed E-state index contributed by atoms with van der Waals surface area (Å²) in [5, 5.41) is 43.0. The van der Waals surface area contributed by atoms with Crippen molar-refractivity contribution in [3.8, 4) is 0 Å². The highest BCUT2D eigenvalue weighted by Crippen LogP contribution is 2.07. The van der Waals surface area contributed by atoms with E-state index >= 15 is 0 Å². The van der Waals surface area contributed by atoms with Crippen LogP contribution >= 0.6 is 0 Å². The number of nitrogens with two attached hydrogens (primary N) is 2. The van der Waals surface area contributed by atoms with Crippen molar-refractivity contribution in [1.29, 1.82) is 0 Å². The number of aliphatic hydroxyl groups excluding tert-OH is 2. The highest BCUT2D eigenvalue weighted by molar-refractivity contribution is 5.96. The van der Waals surface area contributed by atoms with Crippen LogP contribution in [0.1, 0.15) is 52.0 Å². The van der Waals surface area contributed by atoms with Crippen LogP contribution in [0.25, 0.3) is 0 Å². The molecule has 6 amide bonds. The van der Waals surface area contributed by atoms with Gasteiger partial charge in [-0.1, -0.05) is 50.6 Å². The van der Waals surface area contributed by atoms with Crippen LogP contribution < -0.4 is 43.4 Å². The number of unbranched alkanes of at least 4 members (excludes halogenated alkanes) is 1. The van der Waals surface area contributed by atoms with Crippen LogP contribution in [0, 0.1) is 5.92 Å². The molecule has 0 aromatic heterocycles. The molecule has 0 aliphatic rings. The number of aliphatic hydroxyl groups is 2. The fourth-order valence-electron chi connectivity index (χ4n) is 4.54. The maximum absolute atomic E-state index is 13.3. The van der Waals surface area contributed by atoms with Crippen LogP contribution in [-0.4, -0.2) is 119 Å². The molecule has 6 atom stereocenters. The molecule has 0 bridgehead atoms. The third kappa shape index (κ3) is 16.2. The van der Waals surface area contributed by atoms with Crippen LogP contribution in [0.4, 0.5) is 0 Å². The molecule has 0 fully saturated rings. The summed E-state index contributed by atoms with van der Waals surface area (Å²) in [6.07, 6.45) is 1.70. The van der Waals surface area contributed by atoms with E-state index in [1.807, 2.05) is 0 Å². The Morgan fingerprint density at radius 2 is 1.26 bits per heavy atom. The van der Waals surface area contributed by atoms with Crippen LogP contribution in [0.15, 0.2) is 30.3 Å². The number of carboxylic acid groups (broad SMARTS) is 1. The maximum atomic E-state index is 13.3. The van der Waals surface area contributed by atoms with Crippen LogP contribution in [0.2, 0.25) is 0 Å². The molecule has 1 aromatic carbocycles. The molecular formula is C32H52N8O10. The van der Waals surface area contributed by atoms with Crippen molar-refractivity contribution < 1.29 is 48.9 Å². The Bertz CT molecular complexity index is 1280. The van der Waals surface area contributed by atoms with Crippen molar-refractivity contribution in [2.75, 3.05) is 26.3 Å². The Kier molecular flexibility index (Phi) is 19.8.